The summed E-state index contributed by atoms with van der Waals surface area (Å²) in [5.41, 5.74) is 6.69. The largest absolute Gasteiger partial charge is 0.324 e. The van der Waals surface area contributed by atoms with Crippen molar-refractivity contribution in [1.82, 2.24) is 0 Å². The van der Waals surface area contributed by atoms with E-state index in [9.17, 15) is 10.1 Å². The molecule has 0 unspecified atom stereocenters. The molecule has 0 aliphatic rings. The molecule has 0 aliphatic heterocycles. The van der Waals surface area contributed by atoms with Gasteiger partial charge in [0.1, 0.15) is 5.02 Å². The van der Waals surface area contributed by atoms with Crippen molar-refractivity contribution in [3.05, 3.63) is 38.9 Å². The minimum atomic E-state index is -0.482. The number of nitrogens with two attached hydrogens (primary N) is 1. The van der Waals surface area contributed by atoms with Crippen LogP contribution in [0.1, 0.15) is 44.2 Å². The molecule has 0 aliphatic carbocycles. The van der Waals surface area contributed by atoms with Crippen LogP contribution in [-0.4, -0.2) is 4.92 Å². The van der Waals surface area contributed by atoms with Gasteiger partial charge in [-0.25, -0.2) is 0 Å². The molecule has 0 saturated heterocycles. The predicted molar refractivity (Wildman–Crippen MR) is 76.4 cm³/mol. The molecule has 1 aromatic rings. The van der Waals surface area contributed by atoms with Gasteiger partial charge in [-0.15, -0.1) is 12.4 Å². The van der Waals surface area contributed by atoms with Crippen molar-refractivity contribution < 1.29 is 4.92 Å². The molecule has 102 valence electrons. The number of unbranched alkanes of at least 4 members (excludes halogenated alkanes) is 2. The third kappa shape index (κ3) is 4.80. The van der Waals surface area contributed by atoms with E-state index in [1.807, 2.05) is 0 Å². The van der Waals surface area contributed by atoms with Gasteiger partial charge in [0.2, 0.25) is 0 Å². The molecule has 1 aromatic carbocycles. The molecule has 0 saturated carbocycles. The van der Waals surface area contributed by atoms with E-state index in [1.54, 1.807) is 6.07 Å². The lowest BCUT2D eigenvalue weighted by Gasteiger charge is -2.11. The molecule has 1 rings (SSSR count). The van der Waals surface area contributed by atoms with Gasteiger partial charge >= 0.3 is 0 Å². The summed E-state index contributed by atoms with van der Waals surface area (Å²) in [5.74, 6) is 0. The van der Waals surface area contributed by atoms with E-state index >= 15 is 0 Å². The first-order valence-electron chi connectivity index (χ1n) is 5.75. The normalized spacial score (nSPS) is 11.7. The summed E-state index contributed by atoms with van der Waals surface area (Å²) in [4.78, 5) is 10.3. The lowest BCUT2D eigenvalue weighted by Crippen LogP contribution is -2.10. The second-order valence-electron chi connectivity index (χ2n) is 4.07. The fraction of sp³-hybridized carbons (Fsp3) is 0.500. The predicted octanol–water partition coefficient (Wildman–Crippen LogP) is 4.25. The zero-order chi connectivity index (χ0) is 12.8. The van der Waals surface area contributed by atoms with Crippen LogP contribution >= 0.6 is 24.0 Å². The Morgan fingerprint density at radius 1 is 1.44 bits per heavy atom. The van der Waals surface area contributed by atoms with Crippen molar-refractivity contribution in [3.63, 3.8) is 0 Å². The number of rotatable bonds is 6. The molecule has 18 heavy (non-hydrogen) atoms. The maximum Gasteiger partial charge on any atom is 0.288 e. The Kier molecular flexibility index (Phi) is 7.91. The zero-order valence-corrected chi connectivity index (χ0v) is 11.8. The fourth-order valence-corrected chi connectivity index (χ4v) is 1.87. The van der Waals surface area contributed by atoms with Crippen molar-refractivity contribution >= 4 is 29.7 Å². The van der Waals surface area contributed by atoms with Crippen LogP contribution in [-0.2, 0) is 0 Å². The van der Waals surface area contributed by atoms with Gasteiger partial charge in [-0.1, -0.05) is 43.9 Å². The van der Waals surface area contributed by atoms with Gasteiger partial charge in [0.15, 0.2) is 0 Å². The van der Waals surface area contributed by atoms with Crippen molar-refractivity contribution in [2.75, 3.05) is 0 Å². The Bertz CT molecular complexity index is 400. The minimum absolute atomic E-state index is 0. The monoisotopic (exact) mass is 292 g/mol. The minimum Gasteiger partial charge on any atom is -0.324 e. The lowest BCUT2D eigenvalue weighted by molar-refractivity contribution is -0.384. The fourth-order valence-electron chi connectivity index (χ4n) is 1.68. The molecule has 4 nitrogen and oxygen atoms in total. The first-order chi connectivity index (χ1) is 8.06. The van der Waals surface area contributed by atoms with Crippen LogP contribution in [0.3, 0.4) is 0 Å². The molecular weight excluding hydrogens is 275 g/mol. The Balaban J connectivity index is 0.00000289. The summed E-state index contributed by atoms with van der Waals surface area (Å²) in [5, 5.41) is 10.9. The maximum atomic E-state index is 10.7. The van der Waals surface area contributed by atoms with E-state index < -0.39 is 4.92 Å². The SMILES string of the molecule is CCCCC[C@@H](N)c1ccc(Cl)c([N+](=O)[O-])c1.Cl. The second kappa shape index (κ2) is 8.29. The molecular formula is C12H18Cl2N2O2. The number of hydrogen-bond donors (Lipinski definition) is 1. The van der Waals surface area contributed by atoms with Gasteiger partial charge in [-0.2, -0.15) is 0 Å². The second-order valence-corrected chi connectivity index (χ2v) is 4.48. The van der Waals surface area contributed by atoms with Gasteiger partial charge in [-0.05, 0) is 18.1 Å². The number of halogens is 2. The first kappa shape index (κ1) is 17.2. The highest BCUT2D eigenvalue weighted by molar-refractivity contribution is 6.32. The average Bonchev–Trinajstić information content (AvgIpc) is 2.29. The standard InChI is InChI=1S/C12H17ClN2O2.ClH/c1-2-3-4-5-11(14)9-6-7-10(13)12(8-9)15(16)17;/h6-8,11H,2-5,14H2,1H3;1H/t11-;/m1./s1. The summed E-state index contributed by atoms with van der Waals surface area (Å²) in [6.45, 7) is 2.12. The van der Waals surface area contributed by atoms with Gasteiger partial charge in [0.25, 0.3) is 5.69 Å². The molecule has 0 bridgehead atoms. The van der Waals surface area contributed by atoms with Gasteiger partial charge in [-0.3, -0.25) is 10.1 Å². The quantitative estimate of drug-likeness (QED) is 0.484. The Labute approximate surface area is 118 Å². The van der Waals surface area contributed by atoms with Crippen molar-refractivity contribution in [3.8, 4) is 0 Å². The molecule has 0 aromatic heterocycles. The van der Waals surface area contributed by atoms with Crippen LogP contribution in [0.15, 0.2) is 18.2 Å². The third-order valence-electron chi connectivity index (χ3n) is 2.71. The molecule has 0 amide bonds. The number of nitro benzene ring substituents is 1. The Morgan fingerprint density at radius 3 is 2.67 bits per heavy atom. The van der Waals surface area contributed by atoms with E-state index in [-0.39, 0.29) is 29.2 Å². The summed E-state index contributed by atoms with van der Waals surface area (Å²) in [6.07, 6.45) is 4.14. The van der Waals surface area contributed by atoms with Crippen molar-refractivity contribution in [1.29, 1.82) is 0 Å². The van der Waals surface area contributed by atoms with Gasteiger partial charge < -0.3 is 5.73 Å². The highest BCUT2D eigenvalue weighted by Gasteiger charge is 2.15. The lowest BCUT2D eigenvalue weighted by atomic mass is 10.0. The molecule has 0 heterocycles. The zero-order valence-electron chi connectivity index (χ0n) is 10.3. The molecule has 0 fully saturated rings. The number of hydrogen-bond acceptors (Lipinski definition) is 3. The number of nitrogens with zero attached hydrogens (tertiary/aromatic N) is 1. The average molecular weight is 293 g/mol. The summed E-state index contributed by atoms with van der Waals surface area (Å²) in [6, 6.07) is 4.61. The van der Waals surface area contributed by atoms with Crippen LogP contribution in [0.2, 0.25) is 5.02 Å². The summed E-state index contributed by atoms with van der Waals surface area (Å²) >= 11 is 5.74. The molecule has 1 atom stereocenters. The van der Waals surface area contributed by atoms with Gasteiger partial charge in [0.05, 0.1) is 4.92 Å². The van der Waals surface area contributed by atoms with Crippen molar-refractivity contribution in [2.45, 2.75) is 38.6 Å². The molecule has 0 radical (unpaired) electrons. The highest BCUT2D eigenvalue weighted by atomic mass is 35.5. The van der Waals surface area contributed by atoms with E-state index in [0.717, 1.165) is 31.2 Å². The number of nitro groups is 1. The smallest absolute Gasteiger partial charge is 0.288 e. The Morgan fingerprint density at radius 2 is 2.11 bits per heavy atom. The summed E-state index contributed by atoms with van der Waals surface area (Å²) in [7, 11) is 0. The van der Waals surface area contributed by atoms with Crippen LogP contribution < -0.4 is 5.73 Å². The molecule has 0 spiro atoms. The molecule has 6 heteroatoms. The third-order valence-corrected chi connectivity index (χ3v) is 3.03. The highest BCUT2D eigenvalue weighted by Crippen LogP contribution is 2.28. The van der Waals surface area contributed by atoms with Crippen LogP contribution in [0.25, 0.3) is 0 Å². The number of benzene rings is 1. The van der Waals surface area contributed by atoms with Crippen LogP contribution in [0.5, 0.6) is 0 Å². The van der Waals surface area contributed by atoms with E-state index in [2.05, 4.69) is 6.92 Å². The summed E-state index contributed by atoms with van der Waals surface area (Å²) < 4.78 is 0. The van der Waals surface area contributed by atoms with Crippen molar-refractivity contribution in [2.24, 2.45) is 5.73 Å². The molecule has 2 N–H and O–H groups in total. The van der Waals surface area contributed by atoms with Crippen LogP contribution in [0.4, 0.5) is 5.69 Å². The van der Waals surface area contributed by atoms with E-state index in [4.69, 9.17) is 17.3 Å². The van der Waals surface area contributed by atoms with Gasteiger partial charge in [0, 0.05) is 12.1 Å². The van der Waals surface area contributed by atoms with Crippen LogP contribution in [0, 0.1) is 10.1 Å². The maximum absolute atomic E-state index is 10.7. The first-order valence-corrected chi connectivity index (χ1v) is 6.13. The topological polar surface area (TPSA) is 69.2 Å². The van der Waals surface area contributed by atoms with E-state index in [1.165, 1.54) is 12.1 Å². The Hall–Kier alpha value is -0.840. The van der Waals surface area contributed by atoms with E-state index in [0.29, 0.717) is 0 Å².